The van der Waals surface area contributed by atoms with Crippen molar-refractivity contribution in [1.82, 2.24) is 0 Å². The first-order chi connectivity index (χ1) is 14.6. The Morgan fingerprint density at radius 1 is 1.07 bits per heavy atom. The van der Waals surface area contributed by atoms with E-state index in [2.05, 4.69) is 10.6 Å². The number of ether oxygens (including phenoxy) is 1. The van der Waals surface area contributed by atoms with Crippen LogP contribution in [0.1, 0.15) is 17.2 Å². The topological polar surface area (TPSA) is 70.7 Å². The minimum absolute atomic E-state index is 0.0783. The number of anilines is 3. The normalized spacial score (nSPS) is 13.8. The molecule has 0 unspecified atom stereocenters. The third-order valence-electron chi connectivity index (χ3n) is 5.09. The quantitative estimate of drug-likeness (QED) is 0.674. The Bertz CT molecular complexity index is 1080. The van der Waals surface area contributed by atoms with E-state index in [0.717, 1.165) is 16.8 Å². The highest BCUT2D eigenvalue weighted by Crippen LogP contribution is 2.36. The molecule has 0 aliphatic carbocycles. The number of fused-ring (bicyclic) bond motifs is 1. The average Bonchev–Trinajstić information content (AvgIpc) is 2.75. The van der Waals surface area contributed by atoms with Crippen LogP contribution in [0, 0.1) is 6.92 Å². The highest BCUT2D eigenvalue weighted by Gasteiger charge is 2.33. The molecular weight excluding hydrogens is 378 g/mol. The van der Waals surface area contributed by atoms with Gasteiger partial charge in [-0.2, -0.15) is 0 Å². The van der Waals surface area contributed by atoms with Crippen molar-refractivity contribution in [2.45, 2.75) is 13.0 Å². The van der Waals surface area contributed by atoms with Gasteiger partial charge in [0.25, 0.3) is 5.91 Å². The van der Waals surface area contributed by atoms with Crippen molar-refractivity contribution in [3.63, 3.8) is 0 Å². The van der Waals surface area contributed by atoms with Crippen LogP contribution in [-0.2, 0) is 9.59 Å². The molecule has 0 aromatic heterocycles. The molecule has 0 bridgehead atoms. The Balaban J connectivity index is 1.76. The molecule has 1 aliphatic rings. The number of benzene rings is 3. The number of carbonyl (C=O) groups is 2. The van der Waals surface area contributed by atoms with Gasteiger partial charge in [-0.15, -0.1) is 0 Å². The van der Waals surface area contributed by atoms with E-state index in [4.69, 9.17) is 4.74 Å². The lowest BCUT2D eigenvalue weighted by atomic mass is 10.0. The molecule has 0 spiro atoms. The molecule has 4 rings (SSSR count). The number of para-hydroxylation sites is 2. The Kier molecular flexibility index (Phi) is 5.39. The van der Waals surface area contributed by atoms with Crippen molar-refractivity contribution in [3.8, 4) is 5.75 Å². The van der Waals surface area contributed by atoms with Gasteiger partial charge in [-0.1, -0.05) is 48.5 Å². The highest BCUT2D eigenvalue weighted by molar-refractivity contribution is 6.05. The van der Waals surface area contributed by atoms with Gasteiger partial charge < -0.3 is 20.3 Å². The summed E-state index contributed by atoms with van der Waals surface area (Å²) in [7, 11) is 1.57. The zero-order valence-corrected chi connectivity index (χ0v) is 16.9. The molecule has 1 heterocycles. The number of methoxy groups -OCH3 is 1. The van der Waals surface area contributed by atoms with Crippen LogP contribution in [0.15, 0.2) is 72.8 Å². The first kappa shape index (κ1) is 19.5. The van der Waals surface area contributed by atoms with Crippen LogP contribution in [0.2, 0.25) is 0 Å². The van der Waals surface area contributed by atoms with Crippen molar-refractivity contribution in [3.05, 3.63) is 83.9 Å². The Labute approximate surface area is 175 Å². The number of nitrogens with zero attached hydrogens (tertiary/aromatic N) is 1. The summed E-state index contributed by atoms with van der Waals surface area (Å²) in [5.74, 6) is 0.183. The smallest absolute Gasteiger partial charge is 0.251 e. The third kappa shape index (κ3) is 3.85. The summed E-state index contributed by atoms with van der Waals surface area (Å²) in [6.07, 6.45) is 0. The lowest BCUT2D eigenvalue weighted by Crippen LogP contribution is -2.45. The predicted octanol–water partition coefficient (Wildman–Crippen LogP) is 4.14. The molecule has 3 aromatic carbocycles. The van der Waals surface area contributed by atoms with Crippen molar-refractivity contribution in [1.29, 1.82) is 0 Å². The van der Waals surface area contributed by atoms with E-state index in [1.54, 1.807) is 7.11 Å². The zero-order valence-electron chi connectivity index (χ0n) is 16.9. The van der Waals surface area contributed by atoms with Crippen LogP contribution in [0.4, 0.5) is 17.1 Å². The molecule has 3 aromatic rings. The van der Waals surface area contributed by atoms with E-state index in [1.165, 1.54) is 0 Å². The summed E-state index contributed by atoms with van der Waals surface area (Å²) < 4.78 is 5.41. The first-order valence-electron chi connectivity index (χ1n) is 9.73. The van der Waals surface area contributed by atoms with Crippen LogP contribution in [-0.4, -0.2) is 25.5 Å². The summed E-state index contributed by atoms with van der Waals surface area (Å²) in [6.45, 7) is 2.03. The average molecular weight is 401 g/mol. The minimum atomic E-state index is -0.691. The van der Waals surface area contributed by atoms with Gasteiger partial charge >= 0.3 is 0 Å². The van der Waals surface area contributed by atoms with Gasteiger partial charge in [0.05, 0.1) is 30.7 Å². The van der Waals surface area contributed by atoms with E-state index in [-0.39, 0.29) is 18.4 Å². The molecular formula is C24H23N3O3. The Morgan fingerprint density at radius 3 is 2.57 bits per heavy atom. The second kappa shape index (κ2) is 8.29. The Hall–Kier alpha value is -3.80. The van der Waals surface area contributed by atoms with Crippen LogP contribution in [0.25, 0.3) is 0 Å². The summed E-state index contributed by atoms with van der Waals surface area (Å²) in [4.78, 5) is 27.8. The molecule has 2 amide bonds. The molecule has 152 valence electrons. The van der Waals surface area contributed by atoms with Gasteiger partial charge in [0.15, 0.2) is 0 Å². The minimum Gasteiger partial charge on any atom is -0.495 e. The summed E-state index contributed by atoms with van der Waals surface area (Å²) in [6, 6.07) is 21.9. The third-order valence-corrected chi connectivity index (χ3v) is 5.09. The molecule has 0 fully saturated rings. The van der Waals surface area contributed by atoms with Gasteiger partial charge in [0.1, 0.15) is 11.8 Å². The van der Waals surface area contributed by atoms with E-state index < -0.39 is 6.04 Å². The summed E-state index contributed by atoms with van der Waals surface area (Å²) in [5, 5.41) is 5.88. The fourth-order valence-corrected chi connectivity index (χ4v) is 3.72. The highest BCUT2D eigenvalue weighted by atomic mass is 16.5. The molecule has 0 saturated carbocycles. The maximum atomic E-state index is 13.6. The van der Waals surface area contributed by atoms with Crippen LogP contribution in [0.3, 0.4) is 0 Å². The summed E-state index contributed by atoms with van der Waals surface area (Å²) >= 11 is 0. The maximum absolute atomic E-state index is 13.6. The van der Waals surface area contributed by atoms with E-state index >= 15 is 0 Å². The van der Waals surface area contributed by atoms with Crippen LogP contribution in [0.5, 0.6) is 5.75 Å². The van der Waals surface area contributed by atoms with Crippen LogP contribution >= 0.6 is 0 Å². The molecule has 1 aliphatic heterocycles. The van der Waals surface area contributed by atoms with Crippen molar-refractivity contribution in [2.24, 2.45) is 0 Å². The monoisotopic (exact) mass is 401 g/mol. The number of nitrogens with one attached hydrogen (secondary N) is 2. The van der Waals surface area contributed by atoms with Gasteiger partial charge in [-0.3, -0.25) is 9.59 Å². The second-order valence-electron chi connectivity index (χ2n) is 7.20. The molecule has 0 radical (unpaired) electrons. The van der Waals surface area contributed by atoms with Crippen molar-refractivity contribution >= 4 is 28.9 Å². The number of hydrogen-bond acceptors (Lipinski definition) is 4. The molecule has 1 atom stereocenters. The van der Waals surface area contributed by atoms with E-state index in [0.29, 0.717) is 17.1 Å². The number of hydrogen-bond donors (Lipinski definition) is 2. The second-order valence-corrected chi connectivity index (χ2v) is 7.20. The molecule has 6 heteroatoms. The fraction of sp³-hybridized carbons (Fsp3) is 0.167. The lowest BCUT2D eigenvalue weighted by molar-refractivity contribution is -0.118. The number of carbonyl (C=O) groups excluding carboxylic acids is 2. The predicted molar refractivity (Wildman–Crippen MR) is 118 cm³/mol. The first-order valence-corrected chi connectivity index (χ1v) is 9.73. The molecule has 30 heavy (non-hydrogen) atoms. The maximum Gasteiger partial charge on any atom is 0.251 e. The van der Waals surface area contributed by atoms with Gasteiger partial charge in [0.2, 0.25) is 5.91 Å². The fourth-order valence-electron chi connectivity index (χ4n) is 3.72. The van der Waals surface area contributed by atoms with Gasteiger partial charge in [-0.05, 0) is 42.3 Å². The van der Waals surface area contributed by atoms with Crippen molar-refractivity contribution < 1.29 is 14.3 Å². The summed E-state index contributed by atoms with van der Waals surface area (Å²) in [5.41, 5.74) is 3.89. The lowest BCUT2D eigenvalue weighted by Gasteiger charge is -2.36. The van der Waals surface area contributed by atoms with Crippen molar-refractivity contribution in [2.75, 3.05) is 29.2 Å². The van der Waals surface area contributed by atoms with E-state index in [1.807, 2.05) is 84.6 Å². The number of aryl methyl sites for hydroxylation is 1. The molecule has 0 saturated heterocycles. The number of rotatable bonds is 5. The van der Waals surface area contributed by atoms with Gasteiger partial charge in [-0.25, -0.2) is 0 Å². The van der Waals surface area contributed by atoms with E-state index in [9.17, 15) is 9.59 Å². The standard InChI is InChI=1S/C24H23N3O3/c1-16-12-13-21(30-2)19(14-16)26-24(29)23(17-8-4-3-5-9-17)27-15-22(28)25-18-10-6-7-11-20(18)27/h3-14,23H,15H2,1-2H3,(H,25,28)(H,26,29)/t23-/m0/s1. The van der Waals surface area contributed by atoms with Crippen LogP contribution < -0.4 is 20.3 Å². The molecule has 2 N–H and O–H groups in total. The largest absolute Gasteiger partial charge is 0.495 e. The van der Waals surface area contributed by atoms with Gasteiger partial charge in [0, 0.05) is 0 Å². The molecule has 6 nitrogen and oxygen atoms in total. The number of amides is 2. The SMILES string of the molecule is COc1ccc(C)cc1NC(=O)[C@H](c1ccccc1)N1CC(=O)Nc2ccccc21. The Morgan fingerprint density at radius 2 is 1.80 bits per heavy atom. The zero-order chi connectivity index (χ0) is 21.1.